The molecule has 0 amide bonds. The quantitative estimate of drug-likeness (QED) is 0.442. The summed E-state index contributed by atoms with van der Waals surface area (Å²) in [5.74, 6) is 4.33. The molecule has 5 unspecified atom stereocenters. The van der Waals surface area contributed by atoms with Gasteiger partial charge < -0.3 is 14.7 Å². The Bertz CT molecular complexity index is 1120. The van der Waals surface area contributed by atoms with E-state index in [2.05, 4.69) is 49.1 Å². The summed E-state index contributed by atoms with van der Waals surface area (Å²) >= 11 is 0. The molecule has 0 spiro atoms. The molecule has 1 aromatic rings. The van der Waals surface area contributed by atoms with Gasteiger partial charge in [0, 0.05) is 44.1 Å². The van der Waals surface area contributed by atoms with E-state index < -0.39 is 0 Å². The first-order chi connectivity index (χ1) is 18.0. The van der Waals surface area contributed by atoms with Gasteiger partial charge in [0.15, 0.2) is 5.78 Å². The van der Waals surface area contributed by atoms with Crippen molar-refractivity contribution in [3.63, 3.8) is 0 Å². The molecule has 4 nitrogen and oxygen atoms in total. The Morgan fingerprint density at radius 1 is 1.13 bits per heavy atom. The first-order valence-electron chi connectivity index (χ1n) is 14.4. The van der Waals surface area contributed by atoms with Crippen LogP contribution in [0.4, 0.5) is 5.69 Å². The summed E-state index contributed by atoms with van der Waals surface area (Å²) in [5.41, 5.74) is 7.00. The number of carbonyl (C=O) groups excluding carboxylic acids is 1. The third-order valence-corrected chi connectivity index (χ3v) is 9.48. The van der Waals surface area contributed by atoms with Crippen LogP contribution in [0, 0.1) is 35.0 Å². The van der Waals surface area contributed by atoms with E-state index >= 15 is 0 Å². The van der Waals surface area contributed by atoms with Gasteiger partial charge in [0.1, 0.15) is 0 Å². The van der Waals surface area contributed by atoms with Crippen LogP contribution in [-0.4, -0.2) is 44.3 Å². The molecule has 4 aliphatic carbocycles. The molecule has 0 aromatic heterocycles. The number of carbonyl (C=O) groups is 1. The van der Waals surface area contributed by atoms with Gasteiger partial charge in [-0.1, -0.05) is 24.6 Å². The van der Waals surface area contributed by atoms with Gasteiger partial charge in [0.25, 0.3) is 0 Å². The van der Waals surface area contributed by atoms with Gasteiger partial charge in [0.05, 0.1) is 12.7 Å². The van der Waals surface area contributed by atoms with Crippen LogP contribution >= 0.6 is 0 Å². The number of ether oxygens (including phenoxy) is 1. The maximum Gasteiger partial charge on any atom is 0.156 e. The van der Waals surface area contributed by atoms with Gasteiger partial charge in [0.2, 0.25) is 0 Å². The molecule has 5 rings (SSSR count). The molecule has 1 N–H and O–H groups in total. The van der Waals surface area contributed by atoms with Crippen LogP contribution in [0.5, 0.6) is 0 Å². The minimum Gasteiger partial charge on any atom is -0.393 e. The van der Waals surface area contributed by atoms with E-state index in [9.17, 15) is 9.90 Å². The molecule has 4 aliphatic rings. The highest BCUT2D eigenvalue weighted by Crippen LogP contribution is 2.63. The molecular weight excluding hydrogens is 470 g/mol. The lowest BCUT2D eigenvalue weighted by molar-refractivity contribution is -0.114. The molecular formula is C34H47NO3. The van der Waals surface area contributed by atoms with E-state index in [0.717, 1.165) is 45.1 Å². The third-order valence-electron chi connectivity index (χ3n) is 9.48. The van der Waals surface area contributed by atoms with Crippen molar-refractivity contribution >= 4 is 11.5 Å². The second kappa shape index (κ2) is 11.4. The van der Waals surface area contributed by atoms with Crippen molar-refractivity contribution in [3.05, 3.63) is 52.6 Å². The van der Waals surface area contributed by atoms with E-state index in [4.69, 9.17) is 11.2 Å². The van der Waals surface area contributed by atoms with Crippen LogP contribution in [0.25, 0.3) is 0 Å². The molecule has 0 bridgehead atoms. The highest BCUT2D eigenvalue weighted by Gasteiger charge is 2.56. The lowest BCUT2D eigenvalue weighted by Crippen LogP contribution is -2.45. The van der Waals surface area contributed by atoms with Gasteiger partial charge in [-0.3, -0.25) is 4.79 Å². The number of hydrogen-bond donors (Lipinski definition) is 1. The SMILES string of the molecule is C#CC(C)(C)C.COCCN(C)c1ccc(C2CC3(C)C(O)CCC3C3CCC4=CC(=O)CCC4=C23)cc1. The molecule has 0 heterocycles. The van der Waals surface area contributed by atoms with Gasteiger partial charge >= 0.3 is 0 Å². The van der Waals surface area contributed by atoms with Crippen LogP contribution in [0.3, 0.4) is 0 Å². The molecule has 38 heavy (non-hydrogen) atoms. The Labute approximate surface area is 230 Å². The standard InChI is InChI=1S/C28H37NO3.C6H10/c1-28-17-24(18-4-7-20(8-5-18)29(2)14-15-32-3)27-22-11-9-21(30)16-19(22)6-10-23(27)25(28)12-13-26(28)31;1-5-6(2,3)4/h4-5,7-8,16,23-26,31H,6,9-15,17H2,1-3H3;1H,2-4H3. The predicted molar refractivity (Wildman–Crippen MR) is 156 cm³/mol. The maximum absolute atomic E-state index is 12.1. The summed E-state index contributed by atoms with van der Waals surface area (Å²) in [6.07, 6.45) is 13.5. The van der Waals surface area contributed by atoms with Crippen molar-refractivity contribution in [2.24, 2.45) is 22.7 Å². The number of benzene rings is 1. The minimum absolute atomic E-state index is 0.0149. The summed E-state index contributed by atoms with van der Waals surface area (Å²) < 4.78 is 5.23. The topological polar surface area (TPSA) is 49.8 Å². The van der Waals surface area contributed by atoms with E-state index in [1.807, 2.05) is 26.8 Å². The number of likely N-dealkylation sites (N-methyl/N-ethyl adjacent to an activating group) is 1. The fourth-order valence-corrected chi connectivity index (χ4v) is 7.25. The third kappa shape index (κ3) is 5.80. The minimum atomic E-state index is -0.203. The zero-order valence-corrected chi connectivity index (χ0v) is 24.3. The van der Waals surface area contributed by atoms with Crippen LogP contribution in [0.1, 0.15) is 84.1 Å². The van der Waals surface area contributed by atoms with Crippen molar-refractivity contribution in [1.82, 2.24) is 0 Å². The summed E-state index contributed by atoms with van der Waals surface area (Å²) in [5, 5.41) is 11.0. The monoisotopic (exact) mass is 517 g/mol. The Balaban J connectivity index is 0.000000505. The lowest BCUT2D eigenvalue weighted by atomic mass is 9.53. The normalized spacial score (nSPS) is 30.3. The molecule has 0 radical (unpaired) electrons. The number of rotatable bonds is 5. The second-order valence-corrected chi connectivity index (χ2v) is 13.1. The second-order valence-electron chi connectivity index (χ2n) is 13.1. The molecule has 0 aliphatic heterocycles. The van der Waals surface area contributed by atoms with Crippen molar-refractivity contribution in [3.8, 4) is 12.3 Å². The number of hydrogen-bond acceptors (Lipinski definition) is 4. The average molecular weight is 518 g/mol. The highest BCUT2D eigenvalue weighted by molar-refractivity contribution is 5.93. The smallest absolute Gasteiger partial charge is 0.156 e. The van der Waals surface area contributed by atoms with Gasteiger partial charge in [-0.25, -0.2) is 0 Å². The van der Waals surface area contributed by atoms with E-state index in [0.29, 0.717) is 36.6 Å². The summed E-state index contributed by atoms with van der Waals surface area (Å²) in [6, 6.07) is 9.05. The molecule has 0 saturated heterocycles. The number of aliphatic hydroxyl groups excluding tert-OH is 1. The number of allylic oxidation sites excluding steroid dienone is 4. The first-order valence-corrected chi connectivity index (χ1v) is 14.4. The Hall–Kier alpha value is -2.35. The first kappa shape index (κ1) is 28.7. The number of fused-ring (bicyclic) bond motifs is 4. The number of nitrogens with zero attached hydrogens (tertiary/aromatic N) is 1. The Morgan fingerprint density at radius 3 is 2.45 bits per heavy atom. The van der Waals surface area contributed by atoms with E-state index in [1.165, 1.54) is 22.4 Å². The Morgan fingerprint density at radius 2 is 1.82 bits per heavy atom. The van der Waals surface area contributed by atoms with Gasteiger partial charge in [-0.2, -0.15) is 0 Å². The molecule has 2 saturated carbocycles. The van der Waals surface area contributed by atoms with Crippen molar-refractivity contribution in [2.45, 2.75) is 84.7 Å². The van der Waals surface area contributed by atoms with Crippen molar-refractivity contribution < 1.29 is 14.6 Å². The molecule has 1 aromatic carbocycles. The van der Waals surface area contributed by atoms with Crippen LogP contribution in [0.2, 0.25) is 0 Å². The number of terminal acetylenes is 1. The average Bonchev–Trinajstić information content (AvgIpc) is 3.20. The molecule has 206 valence electrons. The predicted octanol–water partition coefficient (Wildman–Crippen LogP) is 6.70. The number of aliphatic hydroxyl groups is 1. The number of ketones is 1. The van der Waals surface area contributed by atoms with Crippen LogP contribution < -0.4 is 4.90 Å². The largest absolute Gasteiger partial charge is 0.393 e. The molecule has 4 heteroatoms. The number of methoxy groups -OCH3 is 1. The number of anilines is 1. The van der Waals surface area contributed by atoms with Crippen molar-refractivity contribution in [1.29, 1.82) is 0 Å². The molecule has 2 fully saturated rings. The zero-order chi connectivity index (χ0) is 27.7. The fraction of sp³-hybridized carbons (Fsp3) is 0.618. The summed E-state index contributed by atoms with van der Waals surface area (Å²) in [4.78, 5) is 14.4. The molecule has 5 atom stereocenters. The lowest BCUT2D eigenvalue weighted by Gasteiger charge is -2.52. The fourth-order valence-electron chi connectivity index (χ4n) is 7.25. The van der Waals surface area contributed by atoms with Gasteiger partial charge in [-0.05, 0) is 111 Å². The highest BCUT2D eigenvalue weighted by atomic mass is 16.5. The van der Waals surface area contributed by atoms with Crippen molar-refractivity contribution in [2.75, 3.05) is 32.2 Å². The maximum atomic E-state index is 12.1. The van der Waals surface area contributed by atoms with Crippen LogP contribution in [0.15, 0.2) is 47.1 Å². The van der Waals surface area contributed by atoms with E-state index in [-0.39, 0.29) is 16.9 Å². The summed E-state index contributed by atoms with van der Waals surface area (Å²) in [6.45, 7) is 9.94. The Kier molecular flexibility index (Phi) is 8.60. The van der Waals surface area contributed by atoms with Crippen LogP contribution in [-0.2, 0) is 9.53 Å². The van der Waals surface area contributed by atoms with E-state index in [1.54, 1.807) is 12.7 Å². The summed E-state index contributed by atoms with van der Waals surface area (Å²) in [7, 11) is 3.84. The zero-order valence-electron chi connectivity index (χ0n) is 24.3. The van der Waals surface area contributed by atoms with Gasteiger partial charge in [-0.15, -0.1) is 12.3 Å².